The summed E-state index contributed by atoms with van der Waals surface area (Å²) in [6, 6.07) is 15.8. The van der Waals surface area contributed by atoms with Gasteiger partial charge in [0.2, 0.25) is 0 Å². The molecule has 1 aliphatic heterocycles. The number of likely N-dealkylation sites (tertiary alicyclic amines) is 1. The van der Waals surface area contributed by atoms with Gasteiger partial charge >= 0.3 is 0 Å². The van der Waals surface area contributed by atoms with Gasteiger partial charge < -0.3 is 20.3 Å². The van der Waals surface area contributed by atoms with Crippen molar-refractivity contribution in [2.24, 2.45) is 0 Å². The summed E-state index contributed by atoms with van der Waals surface area (Å²) in [5, 5.41) is 7.04. The lowest BCUT2D eigenvalue weighted by atomic mass is 10.1. The number of anilines is 1. The SMILES string of the molecule is CCCOc1ccccc1CCCNC(=S)Nc1ccc(C(=O)N2CCCCC2)cc1. The van der Waals surface area contributed by atoms with Crippen molar-refractivity contribution >= 4 is 28.9 Å². The number of hydrogen-bond donors (Lipinski definition) is 2. The normalized spacial score (nSPS) is 13.5. The number of rotatable bonds is 9. The van der Waals surface area contributed by atoms with Gasteiger partial charge in [-0.05, 0) is 86.6 Å². The molecule has 0 atom stereocenters. The molecular formula is C25H33N3O2S. The van der Waals surface area contributed by atoms with E-state index in [4.69, 9.17) is 17.0 Å². The molecule has 166 valence electrons. The van der Waals surface area contributed by atoms with Crippen molar-refractivity contribution in [2.75, 3.05) is 31.6 Å². The number of benzene rings is 2. The van der Waals surface area contributed by atoms with E-state index in [0.29, 0.717) is 5.11 Å². The molecule has 31 heavy (non-hydrogen) atoms. The van der Waals surface area contributed by atoms with Crippen LogP contribution in [0.15, 0.2) is 48.5 Å². The van der Waals surface area contributed by atoms with Gasteiger partial charge in [0, 0.05) is 30.9 Å². The maximum atomic E-state index is 12.6. The van der Waals surface area contributed by atoms with Crippen LogP contribution in [0.3, 0.4) is 0 Å². The Kier molecular flexibility index (Phi) is 9.16. The minimum absolute atomic E-state index is 0.121. The van der Waals surface area contributed by atoms with Crippen molar-refractivity contribution in [3.8, 4) is 5.75 Å². The zero-order valence-corrected chi connectivity index (χ0v) is 19.2. The smallest absolute Gasteiger partial charge is 0.253 e. The zero-order valence-electron chi connectivity index (χ0n) is 18.4. The molecule has 2 aromatic carbocycles. The fourth-order valence-electron chi connectivity index (χ4n) is 3.69. The van der Waals surface area contributed by atoms with Gasteiger partial charge in [-0.2, -0.15) is 0 Å². The minimum Gasteiger partial charge on any atom is -0.493 e. The molecule has 1 amide bonds. The van der Waals surface area contributed by atoms with Crippen molar-refractivity contribution in [1.29, 1.82) is 0 Å². The van der Waals surface area contributed by atoms with E-state index in [2.05, 4.69) is 23.6 Å². The number of amides is 1. The van der Waals surface area contributed by atoms with Crippen LogP contribution in [-0.4, -0.2) is 42.2 Å². The van der Waals surface area contributed by atoms with E-state index in [1.165, 1.54) is 12.0 Å². The molecule has 2 aromatic rings. The first kappa shape index (κ1) is 23.1. The van der Waals surface area contributed by atoms with E-state index < -0.39 is 0 Å². The summed E-state index contributed by atoms with van der Waals surface area (Å²) >= 11 is 5.41. The van der Waals surface area contributed by atoms with Crippen LogP contribution in [0.25, 0.3) is 0 Å². The van der Waals surface area contributed by atoms with Crippen LogP contribution >= 0.6 is 12.2 Å². The summed E-state index contributed by atoms with van der Waals surface area (Å²) in [5.74, 6) is 1.10. The Morgan fingerprint density at radius 1 is 1.06 bits per heavy atom. The molecule has 3 rings (SSSR count). The second-order valence-electron chi connectivity index (χ2n) is 7.87. The Balaban J connectivity index is 1.40. The maximum Gasteiger partial charge on any atom is 0.253 e. The quantitative estimate of drug-likeness (QED) is 0.424. The van der Waals surface area contributed by atoms with Gasteiger partial charge in [0.25, 0.3) is 5.91 Å². The minimum atomic E-state index is 0.121. The summed E-state index contributed by atoms with van der Waals surface area (Å²) in [5.41, 5.74) is 2.84. The Hall–Kier alpha value is -2.60. The van der Waals surface area contributed by atoms with Gasteiger partial charge in [-0.25, -0.2) is 0 Å². The average Bonchev–Trinajstić information content (AvgIpc) is 2.81. The molecule has 2 N–H and O–H groups in total. The van der Waals surface area contributed by atoms with E-state index in [1.807, 2.05) is 47.4 Å². The Morgan fingerprint density at radius 3 is 2.55 bits per heavy atom. The fourth-order valence-corrected chi connectivity index (χ4v) is 3.91. The third-order valence-corrected chi connectivity index (χ3v) is 5.62. The first-order valence-electron chi connectivity index (χ1n) is 11.3. The molecule has 0 radical (unpaired) electrons. The van der Waals surface area contributed by atoms with Crippen LogP contribution < -0.4 is 15.4 Å². The van der Waals surface area contributed by atoms with E-state index in [0.717, 1.165) is 75.3 Å². The molecule has 1 saturated heterocycles. The highest BCUT2D eigenvalue weighted by Gasteiger charge is 2.17. The number of aryl methyl sites for hydroxylation is 1. The first-order chi connectivity index (χ1) is 15.2. The van der Waals surface area contributed by atoms with Gasteiger partial charge in [-0.3, -0.25) is 4.79 Å². The van der Waals surface area contributed by atoms with E-state index in [9.17, 15) is 4.79 Å². The van der Waals surface area contributed by atoms with Crippen LogP contribution in [0.4, 0.5) is 5.69 Å². The van der Waals surface area contributed by atoms with Crippen molar-refractivity contribution < 1.29 is 9.53 Å². The van der Waals surface area contributed by atoms with Crippen LogP contribution in [0.2, 0.25) is 0 Å². The molecular weight excluding hydrogens is 406 g/mol. The monoisotopic (exact) mass is 439 g/mol. The van der Waals surface area contributed by atoms with Gasteiger partial charge in [-0.15, -0.1) is 0 Å². The molecule has 0 saturated carbocycles. The van der Waals surface area contributed by atoms with Gasteiger partial charge in [0.05, 0.1) is 6.61 Å². The molecule has 1 fully saturated rings. The number of piperidine rings is 1. The lowest BCUT2D eigenvalue weighted by Gasteiger charge is -2.26. The second kappa shape index (κ2) is 12.3. The van der Waals surface area contributed by atoms with Crippen molar-refractivity contribution in [1.82, 2.24) is 10.2 Å². The first-order valence-corrected chi connectivity index (χ1v) is 11.7. The highest BCUT2D eigenvalue weighted by atomic mass is 32.1. The Labute approximate surface area is 191 Å². The number of hydrogen-bond acceptors (Lipinski definition) is 3. The number of ether oxygens (including phenoxy) is 1. The molecule has 0 aliphatic carbocycles. The molecule has 1 heterocycles. The van der Waals surface area contributed by atoms with Gasteiger partial charge in [0.1, 0.15) is 5.75 Å². The summed E-state index contributed by atoms with van der Waals surface area (Å²) in [6.07, 6.45) is 6.31. The maximum absolute atomic E-state index is 12.6. The molecule has 0 aromatic heterocycles. The number of nitrogens with zero attached hydrogens (tertiary/aromatic N) is 1. The zero-order chi connectivity index (χ0) is 21.9. The topological polar surface area (TPSA) is 53.6 Å². The molecule has 0 bridgehead atoms. The Morgan fingerprint density at radius 2 is 1.81 bits per heavy atom. The standard InChI is InChI=1S/C25H33N3O2S/c1-2-19-30-23-11-5-4-9-20(23)10-8-16-26-25(31)27-22-14-12-21(13-15-22)24(29)28-17-6-3-7-18-28/h4-5,9,11-15H,2-3,6-8,10,16-19H2,1H3,(H2,26,27,31). The molecule has 1 aliphatic rings. The summed E-state index contributed by atoms with van der Waals surface area (Å²) in [7, 11) is 0. The lowest BCUT2D eigenvalue weighted by Crippen LogP contribution is -2.35. The van der Waals surface area contributed by atoms with Crippen LogP contribution in [-0.2, 0) is 6.42 Å². The summed E-state index contributed by atoms with van der Waals surface area (Å²) in [4.78, 5) is 14.5. The van der Waals surface area contributed by atoms with Crippen LogP contribution in [0.5, 0.6) is 5.75 Å². The van der Waals surface area contributed by atoms with E-state index >= 15 is 0 Å². The third-order valence-electron chi connectivity index (χ3n) is 5.38. The number of para-hydroxylation sites is 1. The number of carbonyl (C=O) groups is 1. The lowest BCUT2D eigenvalue weighted by molar-refractivity contribution is 0.0724. The van der Waals surface area contributed by atoms with Crippen molar-refractivity contribution in [3.63, 3.8) is 0 Å². The highest BCUT2D eigenvalue weighted by molar-refractivity contribution is 7.80. The van der Waals surface area contributed by atoms with Crippen LogP contribution in [0, 0.1) is 0 Å². The molecule has 5 nitrogen and oxygen atoms in total. The molecule has 0 spiro atoms. The predicted octanol–water partition coefficient (Wildman–Crippen LogP) is 5.02. The second-order valence-corrected chi connectivity index (χ2v) is 8.28. The predicted molar refractivity (Wildman–Crippen MR) is 131 cm³/mol. The number of carbonyl (C=O) groups excluding carboxylic acids is 1. The summed E-state index contributed by atoms with van der Waals surface area (Å²) in [6.45, 7) is 5.36. The van der Waals surface area contributed by atoms with E-state index in [1.54, 1.807) is 0 Å². The molecule has 0 unspecified atom stereocenters. The molecule has 6 heteroatoms. The van der Waals surface area contributed by atoms with Gasteiger partial charge in [0.15, 0.2) is 5.11 Å². The number of nitrogens with one attached hydrogen (secondary N) is 2. The summed E-state index contributed by atoms with van der Waals surface area (Å²) < 4.78 is 5.82. The Bertz CT molecular complexity index is 848. The van der Waals surface area contributed by atoms with Crippen molar-refractivity contribution in [3.05, 3.63) is 59.7 Å². The average molecular weight is 440 g/mol. The number of thiocarbonyl (C=S) groups is 1. The highest BCUT2D eigenvalue weighted by Crippen LogP contribution is 2.20. The van der Waals surface area contributed by atoms with E-state index in [-0.39, 0.29) is 5.91 Å². The van der Waals surface area contributed by atoms with Crippen LogP contribution in [0.1, 0.15) is 54.9 Å². The van der Waals surface area contributed by atoms with Gasteiger partial charge in [-0.1, -0.05) is 25.1 Å². The third kappa shape index (κ3) is 7.24. The largest absolute Gasteiger partial charge is 0.493 e. The van der Waals surface area contributed by atoms with Crippen molar-refractivity contribution in [2.45, 2.75) is 45.4 Å². The fraction of sp³-hybridized carbons (Fsp3) is 0.440.